The predicted octanol–water partition coefficient (Wildman–Crippen LogP) is 1.38. The summed E-state index contributed by atoms with van der Waals surface area (Å²) in [7, 11) is 1.51. The molecule has 0 aliphatic carbocycles. The third-order valence-corrected chi connectivity index (χ3v) is 2.63. The van der Waals surface area contributed by atoms with Crippen LogP contribution in [0, 0.1) is 21.4 Å². The van der Waals surface area contributed by atoms with E-state index in [9.17, 15) is 14.9 Å². The average Bonchev–Trinajstić information content (AvgIpc) is 2.35. The summed E-state index contributed by atoms with van der Waals surface area (Å²) >= 11 is 0. The topological polar surface area (TPSA) is 107 Å². The Bertz CT molecular complexity index is 536. The second-order valence-electron chi connectivity index (χ2n) is 3.70. The van der Waals surface area contributed by atoms with Crippen molar-refractivity contribution >= 4 is 17.3 Å². The first kappa shape index (κ1) is 13.4. The number of carboxylic acid groups (broad SMARTS) is 1. The maximum Gasteiger partial charge on any atom is 0.326 e. The monoisotopic (exact) mass is 249 g/mol. The highest BCUT2D eigenvalue weighted by molar-refractivity contribution is 5.78. The van der Waals surface area contributed by atoms with Gasteiger partial charge in [0.25, 0.3) is 5.69 Å². The minimum Gasteiger partial charge on any atom is -0.480 e. The van der Waals surface area contributed by atoms with E-state index in [4.69, 9.17) is 10.4 Å². The van der Waals surface area contributed by atoms with E-state index in [1.807, 2.05) is 6.07 Å². The summed E-state index contributed by atoms with van der Waals surface area (Å²) in [5.41, 5.74) is 0.212. The van der Waals surface area contributed by atoms with Crippen LogP contribution in [-0.2, 0) is 4.79 Å². The molecule has 1 rings (SSSR count). The Morgan fingerprint density at radius 1 is 1.61 bits per heavy atom. The molecule has 0 spiro atoms. The van der Waals surface area contributed by atoms with Gasteiger partial charge in [-0.2, -0.15) is 5.26 Å². The van der Waals surface area contributed by atoms with Gasteiger partial charge in [-0.25, -0.2) is 4.79 Å². The van der Waals surface area contributed by atoms with Crippen molar-refractivity contribution in [1.29, 1.82) is 5.26 Å². The smallest absolute Gasteiger partial charge is 0.326 e. The first-order valence-corrected chi connectivity index (χ1v) is 5.02. The van der Waals surface area contributed by atoms with Crippen LogP contribution in [-0.4, -0.2) is 29.1 Å². The van der Waals surface area contributed by atoms with Gasteiger partial charge in [-0.3, -0.25) is 10.1 Å². The Morgan fingerprint density at radius 2 is 2.22 bits per heavy atom. The minimum atomic E-state index is -1.04. The standard InChI is InChI=1S/C11H11N3O4/c1-7(11(15)16)13(2)10-4-3-9(14(17)18)5-8(10)6-12/h3-5,7H,1-2H3,(H,15,16). The number of carboxylic acids is 1. The lowest BCUT2D eigenvalue weighted by molar-refractivity contribution is -0.384. The fraction of sp³-hybridized carbons (Fsp3) is 0.273. The first-order chi connectivity index (χ1) is 8.38. The molecule has 7 heteroatoms. The number of nitrogens with zero attached hydrogens (tertiary/aromatic N) is 3. The van der Waals surface area contributed by atoms with E-state index in [-0.39, 0.29) is 11.3 Å². The van der Waals surface area contributed by atoms with Crippen LogP contribution in [0.15, 0.2) is 18.2 Å². The van der Waals surface area contributed by atoms with Gasteiger partial charge < -0.3 is 10.0 Å². The highest BCUT2D eigenvalue weighted by atomic mass is 16.6. The highest BCUT2D eigenvalue weighted by Crippen LogP contribution is 2.25. The Hall–Kier alpha value is -2.62. The van der Waals surface area contributed by atoms with Gasteiger partial charge in [0.05, 0.1) is 16.2 Å². The number of non-ortho nitro benzene ring substituents is 1. The summed E-state index contributed by atoms with van der Waals surface area (Å²) < 4.78 is 0. The summed E-state index contributed by atoms with van der Waals surface area (Å²) in [4.78, 5) is 22.2. The average molecular weight is 249 g/mol. The van der Waals surface area contributed by atoms with Gasteiger partial charge in [0.2, 0.25) is 0 Å². The number of nitriles is 1. The molecular formula is C11H11N3O4. The van der Waals surface area contributed by atoms with Crippen molar-refractivity contribution in [3.8, 4) is 6.07 Å². The molecule has 1 aromatic carbocycles. The molecule has 0 aliphatic heterocycles. The van der Waals surface area contributed by atoms with Gasteiger partial charge in [-0.1, -0.05) is 0 Å². The number of hydrogen-bond donors (Lipinski definition) is 1. The first-order valence-electron chi connectivity index (χ1n) is 5.02. The largest absolute Gasteiger partial charge is 0.480 e. The Labute approximate surface area is 103 Å². The molecule has 0 amide bonds. The maximum absolute atomic E-state index is 10.9. The van der Waals surface area contributed by atoms with E-state index in [1.54, 1.807) is 0 Å². The van der Waals surface area contributed by atoms with Crippen molar-refractivity contribution < 1.29 is 14.8 Å². The second kappa shape index (κ2) is 5.14. The van der Waals surface area contributed by atoms with Crippen molar-refractivity contribution in [2.45, 2.75) is 13.0 Å². The molecular weight excluding hydrogens is 238 g/mol. The van der Waals surface area contributed by atoms with E-state index in [0.717, 1.165) is 6.07 Å². The molecule has 0 saturated carbocycles. The van der Waals surface area contributed by atoms with Crippen LogP contribution in [0.1, 0.15) is 12.5 Å². The number of hydrogen-bond acceptors (Lipinski definition) is 5. The Kier molecular flexibility index (Phi) is 3.84. The molecule has 1 atom stereocenters. The van der Waals surface area contributed by atoms with E-state index in [2.05, 4.69) is 0 Å². The molecule has 18 heavy (non-hydrogen) atoms. The number of anilines is 1. The van der Waals surface area contributed by atoms with Crippen LogP contribution >= 0.6 is 0 Å². The molecule has 0 bridgehead atoms. The van der Waals surface area contributed by atoms with Crippen molar-refractivity contribution in [2.24, 2.45) is 0 Å². The summed E-state index contributed by atoms with van der Waals surface area (Å²) in [6.45, 7) is 1.46. The Morgan fingerprint density at radius 3 is 2.67 bits per heavy atom. The van der Waals surface area contributed by atoms with Crippen molar-refractivity contribution in [2.75, 3.05) is 11.9 Å². The van der Waals surface area contributed by atoms with Gasteiger partial charge in [0.15, 0.2) is 0 Å². The molecule has 1 aromatic rings. The number of benzene rings is 1. The summed E-state index contributed by atoms with van der Waals surface area (Å²) in [5.74, 6) is -1.04. The van der Waals surface area contributed by atoms with Gasteiger partial charge in [-0.05, 0) is 13.0 Å². The fourth-order valence-corrected chi connectivity index (χ4v) is 1.41. The molecule has 0 aromatic heterocycles. The molecule has 0 fully saturated rings. The number of rotatable bonds is 4. The fourth-order valence-electron chi connectivity index (χ4n) is 1.41. The number of likely N-dealkylation sites (N-methyl/N-ethyl adjacent to an activating group) is 1. The normalized spacial score (nSPS) is 11.4. The van der Waals surface area contributed by atoms with Crippen LogP contribution < -0.4 is 4.90 Å². The van der Waals surface area contributed by atoms with Crippen molar-refractivity contribution in [3.63, 3.8) is 0 Å². The molecule has 1 N–H and O–H groups in total. The highest BCUT2D eigenvalue weighted by Gasteiger charge is 2.21. The Balaban J connectivity index is 3.22. The van der Waals surface area contributed by atoms with E-state index < -0.39 is 16.9 Å². The van der Waals surface area contributed by atoms with Gasteiger partial charge >= 0.3 is 5.97 Å². The quantitative estimate of drug-likeness (QED) is 0.637. The number of nitro benzene ring substituents is 1. The van der Waals surface area contributed by atoms with Crippen LogP contribution in [0.4, 0.5) is 11.4 Å². The van der Waals surface area contributed by atoms with Gasteiger partial charge in [0, 0.05) is 19.2 Å². The zero-order chi connectivity index (χ0) is 13.9. The van der Waals surface area contributed by atoms with Crippen molar-refractivity contribution in [1.82, 2.24) is 0 Å². The zero-order valence-corrected chi connectivity index (χ0v) is 9.82. The summed E-state index contributed by atoms with van der Waals surface area (Å²) in [5, 5.41) is 28.4. The molecule has 0 saturated heterocycles. The molecule has 1 unspecified atom stereocenters. The van der Waals surface area contributed by atoms with E-state index in [0.29, 0.717) is 5.69 Å². The molecule has 7 nitrogen and oxygen atoms in total. The molecule has 0 radical (unpaired) electrons. The van der Waals surface area contributed by atoms with Gasteiger partial charge in [-0.15, -0.1) is 0 Å². The van der Waals surface area contributed by atoms with Crippen LogP contribution in [0.5, 0.6) is 0 Å². The minimum absolute atomic E-state index is 0.0693. The third kappa shape index (κ3) is 2.55. The van der Waals surface area contributed by atoms with Gasteiger partial charge in [0.1, 0.15) is 12.1 Å². The number of carbonyl (C=O) groups is 1. The number of nitro groups is 1. The van der Waals surface area contributed by atoms with Crippen LogP contribution in [0.25, 0.3) is 0 Å². The zero-order valence-electron chi connectivity index (χ0n) is 9.82. The van der Waals surface area contributed by atoms with E-state index >= 15 is 0 Å². The lowest BCUT2D eigenvalue weighted by Crippen LogP contribution is -2.36. The molecule has 94 valence electrons. The predicted molar refractivity (Wildman–Crippen MR) is 63.3 cm³/mol. The SMILES string of the molecule is CC(C(=O)O)N(C)c1ccc([N+](=O)[O-])cc1C#N. The van der Waals surface area contributed by atoms with Crippen LogP contribution in [0.3, 0.4) is 0 Å². The second-order valence-corrected chi connectivity index (χ2v) is 3.70. The lowest BCUT2D eigenvalue weighted by atomic mass is 10.1. The van der Waals surface area contributed by atoms with Crippen molar-refractivity contribution in [3.05, 3.63) is 33.9 Å². The lowest BCUT2D eigenvalue weighted by Gasteiger charge is -2.24. The summed E-state index contributed by atoms with van der Waals surface area (Å²) in [6, 6.07) is 4.73. The third-order valence-electron chi connectivity index (χ3n) is 2.63. The number of aliphatic carboxylic acids is 1. The maximum atomic E-state index is 10.9. The summed E-state index contributed by atoms with van der Waals surface area (Å²) in [6.07, 6.45) is 0. The molecule has 0 heterocycles. The van der Waals surface area contributed by atoms with Crippen LogP contribution in [0.2, 0.25) is 0 Å². The van der Waals surface area contributed by atoms with E-state index in [1.165, 1.54) is 31.0 Å². The molecule has 0 aliphatic rings.